The number of nitrogens with zero attached hydrogens (tertiary/aromatic N) is 1. The summed E-state index contributed by atoms with van der Waals surface area (Å²) in [5.74, 6) is 2.11. The first-order valence-corrected chi connectivity index (χ1v) is 7.36. The van der Waals surface area contributed by atoms with Gasteiger partial charge in [0.25, 0.3) is 0 Å². The highest BCUT2D eigenvalue weighted by atomic mass is 35.5. The standard InChI is InChI=1S/C16H26N2O3.ClH/c1-11-9-18(12(2)8-17-11)10-13-6-7-14(19-3)16(21-5)15(13)20-4;/h6-7,11-12,17H,8-10H2,1-5H3;1H. The van der Waals surface area contributed by atoms with Gasteiger partial charge in [0.2, 0.25) is 5.75 Å². The van der Waals surface area contributed by atoms with Crippen molar-refractivity contribution in [2.24, 2.45) is 0 Å². The molecule has 126 valence electrons. The van der Waals surface area contributed by atoms with E-state index in [0.29, 0.717) is 23.6 Å². The monoisotopic (exact) mass is 330 g/mol. The molecular formula is C16H27ClN2O3. The lowest BCUT2D eigenvalue weighted by Crippen LogP contribution is -2.53. The number of nitrogens with one attached hydrogen (secondary N) is 1. The van der Waals surface area contributed by atoms with E-state index in [2.05, 4.69) is 30.1 Å². The molecule has 0 spiro atoms. The van der Waals surface area contributed by atoms with Crippen LogP contribution in [0.2, 0.25) is 0 Å². The van der Waals surface area contributed by atoms with Crippen LogP contribution in [-0.2, 0) is 6.54 Å². The van der Waals surface area contributed by atoms with E-state index in [1.165, 1.54) is 0 Å². The first kappa shape index (κ1) is 18.9. The fourth-order valence-corrected chi connectivity index (χ4v) is 2.82. The lowest BCUT2D eigenvalue weighted by molar-refractivity contribution is 0.137. The molecule has 0 aromatic heterocycles. The zero-order chi connectivity index (χ0) is 15.4. The van der Waals surface area contributed by atoms with Gasteiger partial charge in [-0.3, -0.25) is 4.90 Å². The Morgan fingerprint density at radius 1 is 1.09 bits per heavy atom. The van der Waals surface area contributed by atoms with Gasteiger partial charge in [-0.1, -0.05) is 6.07 Å². The van der Waals surface area contributed by atoms with Gasteiger partial charge < -0.3 is 19.5 Å². The van der Waals surface area contributed by atoms with E-state index < -0.39 is 0 Å². The van der Waals surface area contributed by atoms with Crippen LogP contribution in [0.5, 0.6) is 17.2 Å². The number of rotatable bonds is 5. The molecule has 22 heavy (non-hydrogen) atoms. The summed E-state index contributed by atoms with van der Waals surface area (Å²) in [4.78, 5) is 2.46. The molecule has 0 saturated carbocycles. The fourth-order valence-electron chi connectivity index (χ4n) is 2.82. The summed E-state index contributed by atoms with van der Waals surface area (Å²) in [5, 5.41) is 3.50. The van der Waals surface area contributed by atoms with Crippen LogP contribution in [0.25, 0.3) is 0 Å². The largest absolute Gasteiger partial charge is 0.493 e. The average Bonchev–Trinajstić information content (AvgIpc) is 2.50. The summed E-state index contributed by atoms with van der Waals surface area (Å²) in [5.41, 5.74) is 1.12. The molecule has 2 unspecified atom stereocenters. The molecule has 1 aromatic carbocycles. The van der Waals surface area contributed by atoms with Gasteiger partial charge in [-0.2, -0.15) is 0 Å². The van der Waals surface area contributed by atoms with E-state index in [9.17, 15) is 0 Å². The summed E-state index contributed by atoms with van der Waals surface area (Å²) >= 11 is 0. The molecule has 1 aliphatic rings. The maximum absolute atomic E-state index is 5.57. The summed E-state index contributed by atoms with van der Waals surface area (Å²) in [6.07, 6.45) is 0. The second-order valence-corrected chi connectivity index (χ2v) is 5.58. The number of ether oxygens (including phenoxy) is 3. The Kier molecular flexibility index (Phi) is 7.26. The van der Waals surface area contributed by atoms with Crippen LogP contribution < -0.4 is 19.5 Å². The Labute approximate surface area is 139 Å². The molecule has 5 nitrogen and oxygen atoms in total. The molecule has 0 bridgehead atoms. The normalized spacial score (nSPS) is 21.9. The second-order valence-electron chi connectivity index (χ2n) is 5.58. The van der Waals surface area contributed by atoms with Crippen molar-refractivity contribution in [1.29, 1.82) is 0 Å². The van der Waals surface area contributed by atoms with Crippen molar-refractivity contribution in [3.8, 4) is 17.2 Å². The van der Waals surface area contributed by atoms with Crippen molar-refractivity contribution in [3.63, 3.8) is 0 Å². The predicted molar refractivity (Wildman–Crippen MR) is 90.7 cm³/mol. The van der Waals surface area contributed by atoms with Gasteiger partial charge in [0.1, 0.15) is 0 Å². The fraction of sp³-hybridized carbons (Fsp3) is 0.625. The molecule has 1 aromatic rings. The number of hydrogen-bond donors (Lipinski definition) is 1. The minimum absolute atomic E-state index is 0. The highest BCUT2D eigenvalue weighted by Gasteiger charge is 2.24. The molecule has 0 aliphatic carbocycles. The van der Waals surface area contributed by atoms with Crippen molar-refractivity contribution in [2.45, 2.75) is 32.5 Å². The molecule has 1 saturated heterocycles. The highest BCUT2D eigenvalue weighted by molar-refractivity contribution is 5.85. The number of hydrogen-bond acceptors (Lipinski definition) is 5. The van der Waals surface area contributed by atoms with Gasteiger partial charge in [-0.25, -0.2) is 0 Å². The molecule has 1 N–H and O–H groups in total. The van der Waals surface area contributed by atoms with Gasteiger partial charge >= 0.3 is 0 Å². The van der Waals surface area contributed by atoms with Crippen LogP contribution in [0, 0.1) is 0 Å². The SMILES string of the molecule is COc1ccc(CN2CC(C)NCC2C)c(OC)c1OC.Cl. The van der Waals surface area contributed by atoms with Gasteiger partial charge in [0.05, 0.1) is 21.3 Å². The van der Waals surface area contributed by atoms with Crippen LogP contribution in [0.4, 0.5) is 0 Å². The van der Waals surface area contributed by atoms with Crippen LogP contribution >= 0.6 is 12.4 Å². The minimum Gasteiger partial charge on any atom is -0.493 e. The van der Waals surface area contributed by atoms with E-state index >= 15 is 0 Å². The number of benzene rings is 1. The minimum atomic E-state index is 0. The average molecular weight is 331 g/mol. The van der Waals surface area contributed by atoms with Crippen molar-refractivity contribution in [3.05, 3.63) is 17.7 Å². The van der Waals surface area contributed by atoms with Crippen LogP contribution in [0.1, 0.15) is 19.4 Å². The molecule has 1 aliphatic heterocycles. The molecule has 2 atom stereocenters. The Balaban J connectivity index is 0.00000242. The van der Waals surface area contributed by atoms with E-state index in [-0.39, 0.29) is 12.4 Å². The third kappa shape index (κ3) is 3.97. The zero-order valence-corrected chi connectivity index (χ0v) is 14.8. The van der Waals surface area contributed by atoms with Crippen LogP contribution in [0.3, 0.4) is 0 Å². The quantitative estimate of drug-likeness (QED) is 0.897. The van der Waals surface area contributed by atoms with Gasteiger partial charge in [0.15, 0.2) is 11.5 Å². The van der Waals surface area contributed by atoms with Crippen LogP contribution in [0.15, 0.2) is 12.1 Å². The van der Waals surface area contributed by atoms with Gasteiger partial charge in [0, 0.05) is 37.3 Å². The number of methoxy groups -OCH3 is 3. The topological polar surface area (TPSA) is 43.0 Å². The molecule has 0 amide bonds. The summed E-state index contributed by atoms with van der Waals surface area (Å²) in [6, 6.07) is 5.00. The van der Waals surface area contributed by atoms with E-state index in [0.717, 1.165) is 30.9 Å². The third-order valence-corrected chi connectivity index (χ3v) is 4.05. The Morgan fingerprint density at radius 2 is 1.77 bits per heavy atom. The number of piperazine rings is 1. The van der Waals surface area contributed by atoms with E-state index in [1.54, 1.807) is 21.3 Å². The summed E-state index contributed by atoms with van der Waals surface area (Å²) in [7, 11) is 4.95. The highest BCUT2D eigenvalue weighted by Crippen LogP contribution is 2.40. The molecular weight excluding hydrogens is 304 g/mol. The first-order chi connectivity index (χ1) is 10.1. The maximum Gasteiger partial charge on any atom is 0.203 e. The summed E-state index contributed by atoms with van der Waals surface area (Å²) in [6.45, 7) is 7.34. The second kappa shape index (κ2) is 8.46. The Bertz CT molecular complexity index is 485. The molecule has 6 heteroatoms. The Hall–Kier alpha value is -1.17. The lowest BCUT2D eigenvalue weighted by Gasteiger charge is -2.37. The van der Waals surface area contributed by atoms with E-state index in [1.807, 2.05) is 6.07 Å². The third-order valence-electron chi connectivity index (χ3n) is 4.05. The van der Waals surface area contributed by atoms with Gasteiger partial charge in [-0.15, -0.1) is 12.4 Å². The van der Waals surface area contributed by atoms with E-state index in [4.69, 9.17) is 14.2 Å². The van der Waals surface area contributed by atoms with Gasteiger partial charge in [-0.05, 0) is 19.9 Å². The Morgan fingerprint density at radius 3 is 2.36 bits per heavy atom. The molecule has 1 fully saturated rings. The summed E-state index contributed by atoms with van der Waals surface area (Å²) < 4.78 is 16.4. The van der Waals surface area contributed by atoms with Crippen molar-refractivity contribution < 1.29 is 14.2 Å². The smallest absolute Gasteiger partial charge is 0.203 e. The van der Waals surface area contributed by atoms with Crippen molar-refractivity contribution in [2.75, 3.05) is 34.4 Å². The predicted octanol–water partition coefficient (Wildman–Crippen LogP) is 2.32. The van der Waals surface area contributed by atoms with Crippen molar-refractivity contribution >= 4 is 12.4 Å². The maximum atomic E-state index is 5.57. The lowest BCUT2D eigenvalue weighted by atomic mass is 10.1. The molecule has 1 heterocycles. The number of halogens is 1. The molecule has 0 radical (unpaired) electrons. The van der Waals surface area contributed by atoms with Crippen molar-refractivity contribution in [1.82, 2.24) is 10.2 Å². The molecule has 2 rings (SSSR count). The van der Waals surface area contributed by atoms with Crippen LogP contribution in [-0.4, -0.2) is 51.4 Å². The first-order valence-electron chi connectivity index (χ1n) is 7.36. The zero-order valence-electron chi connectivity index (χ0n) is 14.0.